The van der Waals surface area contributed by atoms with Crippen molar-refractivity contribution in [3.63, 3.8) is 0 Å². The zero-order valence-corrected chi connectivity index (χ0v) is 9.89. The molecule has 2 fully saturated rings. The van der Waals surface area contributed by atoms with Gasteiger partial charge in [0.2, 0.25) is 0 Å². The Bertz CT molecular complexity index is 360. The van der Waals surface area contributed by atoms with Gasteiger partial charge >= 0.3 is 0 Å². The van der Waals surface area contributed by atoms with Crippen LogP contribution >= 0.6 is 0 Å². The highest BCUT2D eigenvalue weighted by Gasteiger charge is 2.38. The molecule has 2 saturated carbocycles. The first-order valence-corrected chi connectivity index (χ1v) is 6.37. The van der Waals surface area contributed by atoms with E-state index in [4.69, 9.17) is 0 Å². The summed E-state index contributed by atoms with van der Waals surface area (Å²) in [5.41, 5.74) is 1.17. The van der Waals surface area contributed by atoms with Crippen LogP contribution in [-0.4, -0.2) is 21.5 Å². The van der Waals surface area contributed by atoms with Gasteiger partial charge < -0.3 is 5.32 Å². The molecule has 4 heteroatoms. The molecule has 2 aliphatic carbocycles. The Kier molecular flexibility index (Phi) is 2.67. The van der Waals surface area contributed by atoms with E-state index < -0.39 is 0 Å². The maximum absolute atomic E-state index is 3.93. The summed E-state index contributed by atoms with van der Waals surface area (Å²) in [6, 6.07) is 0. The van der Waals surface area contributed by atoms with Gasteiger partial charge in [0.15, 0.2) is 0 Å². The normalized spacial score (nSPS) is 32.4. The average molecular weight is 220 g/mol. The molecule has 88 valence electrons. The molecule has 1 aromatic rings. The highest BCUT2D eigenvalue weighted by Crippen LogP contribution is 2.47. The molecule has 4 nitrogen and oxygen atoms in total. The van der Waals surface area contributed by atoms with E-state index in [0.29, 0.717) is 0 Å². The Morgan fingerprint density at radius 1 is 1.44 bits per heavy atom. The highest BCUT2D eigenvalue weighted by atomic mass is 15.4. The first-order chi connectivity index (χ1) is 7.83. The van der Waals surface area contributed by atoms with Crippen molar-refractivity contribution in [2.45, 2.75) is 32.2 Å². The van der Waals surface area contributed by atoms with E-state index in [9.17, 15) is 0 Å². The predicted octanol–water partition coefficient (Wildman–Crippen LogP) is 1.34. The van der Waals surface area contributed by atoms with Gasteiger partial charge in [0.1, 0.15) is 0 Å². The van der Waals surface area contributed by atoms with E-state index in [1.165, 1.54) is 37.9 Å². The summed E-state index contributed by atoms with van der Waals surface area (Å²) in [7, 11) is 1.95. The maximum Gasteiger partial charge on any atom is 0.0738 e. The lowest BCUT2D eigenvalue weighted by Gasteiger charge is -2.21. The molecular weight excluding hydrogens is 200 g/mol. The zero-order valence-electron chi connectivity index (χ0n) is 9.89. The van der Waals surface area contributed by atoms with Crippen LogP contribution in [0.25, 0.3) is 0 Å². The van der Waals surface area contributed by atoms with Gasteiger partial charge in [-0.05, 0) is 43.6 Å². The smallest absolute Gasteiger partial charge is 0.0738 e. The number of aromatic nitrogens is 3. The lowest BCUT2D eigenvalue weighted by molar-refractivity contribution is 0.317. The van der Waals surface area contributed by atoms with Crippen molar-refractivity contribution < 1.29 is 0 Å². The molecule has 0 spiro atoms. The van der Waals surface area contributed by atoms with Gasteiger partial charge in [-0.25, -0.2) is 0 Å². The SMILES string of the molecule is Cn1nncc1CNCC1CC2CCC1C2. The van der Waals surface area contributed by atoms with Crippen LogP contribution in [0.5, 0.6) is 0 Å². The van der Waals surface area contributed by atoms with Gasteiger partial charge in [-0.1, -0.05) is 11.6 Å². The van der Waals surface area contributed by atoms with E-state index >= 15 is 0 Å². The van der Waals surface area contributed by atoms with Crippen LogP contribution in [0.2, 0.25) is 0 Å². The summed E-state index contributed by atoms with van der Waals surface area (Å²) >= 11 is 0. The summed E-state index contributed by atoms with van der Waals surface area (Å²) < 4.78 is 1.84. The predicted molar refractivity (Wildman–Crippen MR) is 61.6 cm³/mol. The lowest BCUT2D eigenvalue weighted by atomic mass is 9.89. The third kappa shape index (κ3) is 1.86. The summed E-state index contributed by atoms with van der Waals surface area (Å²) in [5.74, 6) is 3.00. The van der Waals surface area contributed by atoms with Crippen LogP contribution in [0.3, 0.4) is 0 Å². The van der Waals surface area contributed by atoms with Crippen molar-refractivity contribution in [2.75, 3.05) is 6.54 Å². The number of hydrogen-bond acceptors (Lipinski definition) is 3. The maximum atomic E-state index is 3.93. The second kappa shape index (κ2) is 4.17. The quantitative estimate of drug-likeness (QED) is 0.832. The minimum atomic E-state index is 0.900. The Morgan fingerprint density at radius 2 is 2.38 bits per heavy atom. The molecule has 2 aliphatic rings. The van der Waals surface area contributed by atoms with Gasteiger partial charge in [-0.15, -0.1) is 5.10 Å². The van der Waals surface area contributed by atoms with Gasteiger partial charge in [-0.2, -0.15) is 0 Å². The monoisotopic (exact) mass is 220 g/mol. The van der Waals surface area contributed by atoms with Gasteiger partial charge in [-0.3, -0.25) is 4.68 Å². The van der Waals surface area contributed by atoms with Crippen LogP contribution in [0.1, 0.15) is 31.4 Å². The molecule has 3 unspecified atom stereocenters. The molecule has 3 rings (SSSR count). The van der Waals surface area contributed by atoms with Crippen molar-refractivity contribution in [2.24, 2.45) is 24.8 Å². The Morgan fingerprint density at radius 3 is 3.00 bits per heavy atom. The third-order valence-corrected chi connectivity index (χ3v) is 4.41. The van der Waals surface area contributed by atoms with Crippen molar-refractivity contribution in [1.29, 1.82) is 0 Å². The minimum absolute atomic E-state index is 0.900. The Hall–Kier alpha value is -0.900. The van der Waals surface area contributed by atoms with Gasteiger partial charge in [0, 0.05) is 13.6 Å². The van der Waals surface area contributed by atoms with Crippen molar-refractivity contribution in [3.05, 3.63) is 11.9 Å². The molecule has 16 heavy (non-hydrogen) atoms. The fourth-order valence-corrected chi connectivity index (χ4v) is 3.48. The summed E-state index contributed by atoms with van der Waals surface area (Å²) in [6.45, 7) is 2.07. The van der Waals surface area contributed by atoms with E-state index in [1.807, 2.05) is 17.9 Å². The van der Waals surface area contributed by atoms with E-state index in [1.54, 1.807) is 0 Å². The van der Waals surface area contributed by atoms with Crippen molar-refractivity contribution in [1.82, 2.24) is 20.3 Å². The molecule has 0 aromatic carbocycles. The topological polar surface area (TPSA) is 42.7 Å². The summed E-state index contributed by atoms with van der Waals surface area (Å²) in [6.07, 6.45) is 7.77. The van der Waals surface area contributed by atoms with Gasteiger partial charge in [0.25, 0.3) is 0 Å². The first kappa shape index (κ1) is 10.3. The summed E-state index contributed by atoms with van der Waals surface area (Å²) in [5, 5.41) is 11.4. The fraction of sp³-hybridized carbons (Fsp3) is 0.833. The van der Waals surface area contributed by atoms with Crippen LogP contribution < -0.4 is 5.32 Å². The lowest BCUT2D eigenvalue weighted by Crippen LogP contribution is -2.26. The molecule has 0 radical (unpaired) electrons. The number of hydrogen-bond donors (Lipinski definition) is 1. The Labute approximate surface area is 96.4 Å². The number of nitrogens with one attached hydrogen (secondary N) is 1. The third-order valence-electron chi connectivity index (χ3n) is 4.41. The summed E-state index contributed by atoms with van der Waals surface area (Å²) in [4.78, 5) is 0. The molecule has 2 bridgehead atoms. The van der Waals surface area contributed by atoms with Gasteiger partial charge in [0.05, 0.1) is 11.9 Å². The van der Waals surface area contributed by atoms with E-state index in [2.05, 4.69) is 15.6 Å². The minimum Gasteiger partial charge on any atom is -0.311 e. The highest BCUT2D eigenvalue weighted by molar-refractivity contribution is 4.94. The molecule has 0 amide bonds. The standard InChI is InChI=1S/C12H20N4/c1-16-12(8-14-15-16)7-13-6-11-5-9-2-3-10(11)4-9/h8-11,13H,2-7H2,1H3. The molecule has 1 heterocycles. The zero-order chi connectivity index (χ0) is 11.0. The first-order valence-electron chi connectivity index (χ1n) is 6.37. The number of rotatable bonds is 4. The average Bonchev–Trinajstić information content (AvgIpc) is 2.96. The van der Waals surface area contributed by atoms with Crippen LogP contribution in [0.15, 0.2) is 6.20 Å². The largest absolute Gasteiger partial charge is 0.311 e. The van der Waals surface area contributed by atoms with Crippen LogP contribution in [0.4, 0.5) is 0 Å². The van der Waals surface area contributed by atoms with Crippen LogP contribution in [-0.2, 0) is 13.6 Å². The molecule has 3 atom stereocenters. The number of aryl methyl sites for hydroxylation is 1. The number of nitrogens with zero attached hydrogens (tertiary/aromatic N) is 3. The molecular formula is C12H20N4. The molecule has 1 N–H and O–H groups in total. The Balaban J connectivity index is 1.46. The van der Waals surface area contributed by atoms with Crippen molar-refractivity contribution >= 4 is 0 Å². The molecule has 0 aliphatic heterocycles. The fourth-order valence-electron chi connectivity index (χ4n) is 3.48. The van der Waals surface area contributed by atoms with E-state index in [0.717, 1.165) is 24.3 Å². The van der Waals surface area contributed by atoms with E-state index in [-0.39, 0.29) is 0 Å². The second-order valence-corrected chi connectivity index (χ2v) is 5.41. The molecule has 1 aromatic heterocycles. The second-order valence-electron chi connectivity index (χ2n) is 5.41. The number of fused-ring (bicyclic) bond motifs is 2. The van der Waals surface area contributed by atoms with Crippen LogP contribution in [0, 0.1) is 17.8 Å². The molecule has 0 saturated heterocycles. The van der Waals surface area contributed by atoms with Crippen molar-refractivity contribution in [3.8, 4) is 0 Å².